The summed E-state index contributed by atoms with van der Waals surface area (Å²) in [6, 6.07) is 9.75. The van der Waals surface area contributed by atoms with E-state index in [4.69, 9.17) is 0 Å². The van der Waals surface area contributed by atoms with Crippen molar-refractivity contribution in [3.8, 4) is 0 Å². The lowest BCUT2D eigenvalue weighted by Crippen LogP contribution is -2.42. The van der Waals surface area contributed by atoms with E-state index in [1.807, 2.05) is 24.3 Å². The van der Waals surface area contributed by atoms with Gasteiger partial charge in [-0.3, -0.25) is 9.69 Å². The van der Waals surface area contributed by atoms with Crippen LogP contribution >= 0.6 is 0 Å². The second-order valence-corrected chi connectivity index (χ2v) is 7.98. The van der Waals surface area contributed by atoms with Crippen LogP contribution in [-0.2, 0) is 0 Å². The second kappa shape index (κ2) is 6.96. The third-order valence-electron chi connectivity index (χ3n) is 5.80. The van der Waals surface area contributed by atoms with Gasteiger partial charge in [0.15, 0.2) is 0 Å². The van der Waals surface area contributed by atoms with E-state index in [1.165, 1.54) is 12.8 Å². The van der Waals surface area contributed by atoms with Crippen molar-refractivity contribution in [2.45, 2.75) is 63.3 Å². The van der Waals surface area contributed by atoms with Gasteiger partial charge in [-0.05, 0) is 57.2 Å². The van der Waals surface area contributed by atoms with Gasteiger partial charge in [-0.15, -0.1) is 0 Å². The number of piperidine rings is 1. The monoisotopic (exact) mass is 343 g/mol. The quantitative estimate of drug-likeness (QED) is 0.881. The zero-order valence-electron chi connectivity index (χ0n) is 15.0. The molecule has 5 heteroatoms. The molecule has 1 aromatic rings. The molecule has 1 aromatic carbocycles. The summed E-state index contributed by atoms with van der Waals surface area (Å²) in [5, 5.41) is 13.4. The fraction of sp³-hybridized carbons (Fsp3) is 0.650. The van der Waals surface area contributed by atoms with Crippen LogP contribution in [0.15, 0.2) is 24.3 Å². The highest BCUT2D eigenvalue weighted by Gasteiger charge is 2.38. The van der Waals surface area contributed by atoms with Crippen LogP contribution in [0.1, 0.15) is 49.4 Å². The van der Waals surface area contributed by atoms with Crippen molar-refractivity contribution in [3.05, 3.63) is 29.8 Å². The summed E-state index contributed by atoms with van der Waals surface area (Å²) in [5.74, 6) is 0.0294. The Bertz CT molecular complexity index is 631. The van der Waals surface area contributed by atoms with Crippen LogP contribution < -0.4 is 5.32 Å². The summed E-state index contributed by atoms with van der Waals surface area (Å²) in [7, 11) is 0. The first-order valence-corrected chi connectivity index (χ1v) is 9.70. The minimum atomic E-state index is -0.382. The molecule has 2 heterocycles. The molecule has 2 N–H and O–H groups in total. The van der Waals surface area contributed by atoms with Crippen LogP contribution in [0.2, 0.25) is 0 Å². The Balaban J connectivity index is 1.40. The zero-order valence-corrected chi connectivity index (χ0v) is 15.0. The molecule has 0 radical (unpaired) electrons. The number of nitrogens with zero attached hydrogens (tertiary/aromatic N) is 2. The van der Waals surface area contributed by atoms with E-state index in [0.29, 0.717) is 24.2 Å². The van der Waals surface area contributed by atoms with Gasteiger partial charge in [0.2, 0.25) is 0 Å². The van der Waals surface area contributed by atoms with Crippen molar-refractivity contribution < 1.29 is 9.90 Å². The fourth-order valence-corrected chi connectivity index (χ4v) is 4.38. The van der Waals surface area contributed by atoms with Crippen LogP contribution in [0.3, 0.4) is 0 Å². The number of rotatable bonds is 4. The number of amides is 1. The van der Waals surface area contributed by atoms with Gasteiger partial charge < -0.3 is 15.3 Å². The number of β-amino-alcohol motifs (C(OH)–C–C–N with tert-alkyl or cyclic N) is 1. The molecule has 2 aliphatic heterocycles. The minimum absolute atomic E-state index is 0.0294. The van der Waals surface area contributed by atoms with Gasteiger partial charge in [-0.1, -0.05) is 6.07 Å². The number of anilines is 1. The Morgan fingerprint density at radius 2 is 2.08 bits per heavy atom. The maximum atomic E-state index is 12.7. The second-order valence-electron chi connectivity index (χ2n) is 7.98. The summed E-state index contributed by atoms with van der Waals surface area (Å²) in [4.78, 5) is 17.1. The predicted molar refractivity (Wildman–Crippen MR) is 98.8 cm³/mol. The summed E-state index contributed by atoms with van der Waals surface area (Å²) in [6.07, 6.45) is 5.15. The first-order valence-electron chi connectivity index (χ1n) is 9.70. The number of hydrogen-bond donors (Lipinski definition) is 2. The number of aliphatic hydroxyl groups excluding tert-OH is 1. The van der Waals surface area contributed by atoms with E-state index >= 15 is 0 Å². The van der Waals surface area contributed by atoms with Gasteiger partial charge >= 0.3 is 0 Å². The molecule has 3 aliphatic rings. The standard InChI is InChI=1S/C20H29N3O2/c1-14-10-17(12-23(14)18-7-8-18)21-16-5-2-4-15(11-16)20(25)22-9-3-6-19(24)13-22/h2,4-5,11,14,17-19,21,24H,3,6-10,12-13H2,1H3. The summed E-state index contributed by atoms with van der Waals surface area (Å²) in [5.41, 5.74) is 1.74. The molecule has 3 atom stereocenters. The van der Waals surface area contributed by atoms with Crippen LogP contribution in [0, 0.1) is 0 Å². The highest BCUT2D eigenvalue weighted by atomic mass is 16.3. The Kier molecular flexibility index (Phi) is 4.69. The van der Waals surface area contributed by atoms with Crippen LogP contribution in [0.25, 0.3) is 0 Å². The third-order valence-corrected chi connectivity index (χ3v) is 5.80. The summed E-state index contributed by atoms with van der Waals surface area (Å²) in [6.45, 7) is 4.61. The van der Waals surface area contributed by atoms with Gasteiger partial charge in [-0.25, -0.2) is 0 Å². The van der Waals surface area contributed by atoms with Crippen molar-refractivity contribution in [2.75, 3.05) is 25.0 Å². The molecule has 3 unspecified atom stereocenters. The normalized spacial score (nSPS) is 30.5. The van der Waals surface area contributed by atoms with Gasteiger partial charge in [0.25, 0.3) is 5.91 Å². The third kappa shape index (κ3) is 3.82. The fourth-order valence-electron chi connectivity index (χ4n) is 4.38. The van der Waals surface area contributed by atoms with Gasteiger partial charge in [0.1, 0.15) is 0 Å². The first kappa shape index (κ1) is 16.9. The Morgan fingerprint density at radius 3 is 2.84 bits per heavy atom. The van der Waals surface area contributed by atoms with E-state index in [2.05, 4.69) is 17.1 Å². The van der Waals surface area contributed by atoms with Crippen molar-refractivity contribution in [2.24, 2.45) is 0 Å². The minimum Gasteiger partial charge on any atom is -0.391 e. The number of nitrogens with one attached hydrogen (secondary N) is 1. The van der Waals surface area contributed by atoms with Gasteiger partial charge in [-0.2, -0.15) is 0 Å². The number of hydrogen-bond acceptors (Lipinski definition) is 4. The van der Waals surface area contributed by atoms with Gasteiger partial charge in [0, 0.05) is 49.0 Å². The largest absolute Gasteiger partial charge is 0.391 e. The molecule has 1 amide bonds. The van der Waals surface area contributed by atoms with E-state index in [1.54, 1.807) is 4.90 Å². The van der Waals surface area contributed by atoms with Crippen molar-refractivity contribution in [3.63, 3.8) is 0 Å². The van der Waals surface area contributed by atoms with Crippen molar-refractivity contribution >= 4 is 11.6 Å². The van der Waals surface area contributed by atoms with E-state index in [0.717, 1.165) is 44.1 Å². The molecule has 25 heavy (non-hydrogen) atoms. The first-order chi connectivity index (χ1) is 12.1. The summed E-state index contributed by atoms with van der Waals surface area (Å²) < 4.78 is 0. The molecule has 136 valence electrons. The molecule has 1 aliphatic carbocycles. The smallest absolute Gasteiger partial charge is 0.254 e. The molecule has 0 bridgehead atoms. The lowest BCUT2D eigenvalue weighted by molar-refractivity contribution is 0.0474. The molecular weight excluding hydrogens is 314 g/mol. The van der Waals surface area contributed by atoms with Crippen molar-refractivity contribution in [1.82, 2.24) is 9.80 Å². The van der Waals surface area contributed by atoms with Gasteiger partial charge in [0.05, 0.1) is 6.10 Å². The lowest BCUT2D eigenvalue weighted by Gasteiger charge is -2.30. The number of benzene rings is 1. The maximum absolute atomic E-state index is 12.7. The molecule has 0 aromatic heterocycles. The van der Waals surface area contributed by atoms with Crippen LogP contribution in [0.4, 0.5) is 5.69 Å². The Labute approximate surface area is 150 Å². The molecule has 1 saturated carbocycles. The maximum Gasteiger partial charge on any atom is 0.254 e. The molecule has 3 fully saturated rings. The van der Waals surface area contributed by atoms with Crippen LogP contribution in [-0.4, -0.2) is 64.7 Å². The highest BCUT2D eigenvalue weighted by Crippen LogP contribution is 2.34. The number of likely N-dealkylation sites (tertiary alicyclic amines) is 2. The predicted octanol–water partition coefficient (Wildman–Crippen LogP) is 2.32. The topological polar surface area (TPSA) is 55.8 Å². The van der Waals surface area contributed by atoms with E-state index in [9.17, 15) is 9.90 Å². The SMILES string of the molecule is CC1CC(Nc2cccc(C(=O)N3CCCC(O)C3)c2)CN1C1CC1. The Morgan fingerprint density at radius 1 is 1.24 bits per heavy atom. The average molecular weight is 343 g/mol. The molecule has 0 spiro atoms. The van der Waals surface area contributed by atoms with Crippen molar-refractivity contribution in [1.29, 1.82) is 0 Å². The molecule has 5 nitrogen and oxygen atoms in total. The van der Waals surface area contributed by atoms with E-state index in [-0.39, 0.29) is 12.0 Å². The van der Waals surface area contributed by atoms with Crippen LogP contribution in [0.5, 0.6) is 0 Å². The zero-order chi connectivity index (χ0) is 17.4. The lowest BCUT2D eigenvalue weighted by atomic mass is 10.1. The molecule has 4 rings (SSSR count). The number of carbonyl (C=O) groups is 1. The molecular formula is C20H29N3O2. The Hall–Kier alpha value is -1.59. The highest BCUT2D eigenvalue weighted by molar-refractivity contribution is 5.95. The summed E-state index contributed by atoms with van der Waals surface area (Å²) >= 11 is 0. The number of aliphatic hydroxyl groups is 1. The average Bonchev–Trinajstić information content (AvgIpc) is 3.38. The number of carbonyl (C=O) groups excluding carboxylic acids is 1. The van der Waals surface area contributed by atoms with E-state index < -0.39 is 0 Å². The molecule has 2 saturated heterocycles.